The molecule has 1 N–H and O–H groups in total. The van der Waals surface area contributed by atoms with Crippen LogP contribution in [0.2, 0.25) is 0 Å². The van der Waals surface area contributed by atoms with Gasteiger partial charge in [0, 0.05) is 16.8 Å². The van der Waals surface area contributed by atoms with E-state index in [4.69, 9.17) is 9.47 Å². The molecule has 0 bridgehead atoms. The van der Waals surface area contributed by atoms with Crippen LogP contribution >= 0.6 is 0 Å². The van der Waals surface area contributed by atoms with Gasteiger partial charge in [0.15, 0.2) is 18.5 Å². The Hall–Kier alpha value is -3.93. The molecule has 0 aliphatic rings. The van der Waals surface area contributed by atoms with Gasteiger partial charge in [0.1, 0.15) is 5.75 Å². The number of Topliss-reactive ketones (excluding diaryl/α,β-unsaturated/α-hetero) is 1. The van der Waals surface area contributed by atoms with Gasteiger partial charge in [0.2, 0.25) is 0 Å². The summed E-state index contributed by atoms with van der Waals surface area (Å²) in [6, 6.07) is 23.5. The predicted octanol–water partition coefficient (Wildman–Crippen LogP) is 4.51. The molecule has 0 heterocycles. The molecule has 3 rings (SSSR count). The molecule has 1 amide bonds. The maximum atomic E-state index is 12.3. The van der Waals surface area contributed by atoms with E-state index in [2.05, 4.69) is 5.32 Å². The van der Waals surface area contributed by atoms with Crippen molar-refractivity contribution in [3.63, 3.8) is 0 Å². The average molecular weight is 417 g/mol. The number of para-hydroxylation sites is 1. The van der Waals surface area contributed by atoms with Crippen LogP contribution in [0.25, 0.3) is 11.1 Å². The van der Waals surface area contributed by atoms with Gasteiger partial charge in [-0.3, -0.25) is 9.59 Å². The molecular weight excluding hydrogens is 394 g/mol. The number of hydrogen-bond donors (Lipinski definition) is 1. The minimum absolute atomic E-state index is 0.0611. The van der Waals surface area contributed by atoms with E-state index in [0.29, 0.717) is 17.0 Å². The first kappa shape index (κ1) is 21.8. The second-order valence-electron chi connectivity index (χ2n) is 6.91. The standard InChI is InChI=1S/C25H23NO5/c1-17(27)19-12-14-21(15-13-19)26-25(29)18(2)31-24(28)16-30-23-11-7-6-10-22(23)20-8-4-3-5-9-20/h3-15,18H,16H2,1-2H3,(H,26,29). The molecule has 6 nitrogen and oxygen atoms in total. The summed E-state index contributed by atoms with van der Waals surface area (Å²) in [4.78, 5) is 35.8. The zero-order valence-corrected chi connectivity index (χ0v) is 17.3. The molecule has 31 heavy (non-hydrogen) atoms. The lowest BCUT2D eigenvalue weighted by Gasteiger charge is -2.15. The number of anilines is 1. The number of amides is 1. The molecule has 0 radical (unpaired) electrons. The van der Waals surface area contributed by atoms with E-state index in [1.54, 1.807) is 30.3 Å². The summed E-state index contributed by atoms with van der Waals surface area (Å²) in [6.07, 6.45) is -1.01. The number of esters is 1. The number of carbonyl (C=O) groups is 3. The number of ketones is 1. The number of hydrogen-bond acceptors (Lipinski definition) is 5. The zero-order chi connectivity index (χ0) is 22.2. The number of ether oxygens (including phenoxy) is 2. The van der Waals surface area contributed by atoms with E-state index < -0.39 is 18.0 Å². The summed E-state index contributed by atoms with van der Waals surface area (Å²) < 4.78 is 10.8. The van der Waals surface area contributed by atoms with E-state index in [1.165, 1.54) is 13.8 Å². The molecule has 0 saturated carbocycles. The van der Waals surface area contributed by atoms with Crippen LogP contribution in [0, 0.1) is 0 Å². The number of nitrogens with one attached hydrogen (secondary N) is 1. The average Bonchev–Trinajstić information content (AvgIpc) is 2.78. The smallest absolute Gasteiger partial charge is 0.344 e. The van der Waals surface area contributed by atoms with Gasteiger partial charge in [0.05, 0.1) is 0 Å². The molecule has 0 fully saturated rings. The maximum absolute atomic E-state index is 12.3. The molecule has 0 spiro atoms. The first-order chi connectivity index (χ1) is 14.9. The molecule has 1 unspecified atom stereocenters. The quantitative estimate of drug-likeness (QED) is 0.431. The summed E-state index contributed by atoms with van der Waals surface area (Å²) >= 11 is 0. The number of carbonyl (C=O) groups excluding carboxylic acids is 3. The molecule has 1 atom stereocenters. The molecule has 0 aliphatic heterocycles. The first-order valence-corrected chi connectivity index (χ1v) is 9.82. The van der Waals surface area contributed by atoms with Crippen LogP contribution in [0.4, 0.5) is 5.69 Å². The van der Waals surface area contributed by atoms with Crippen molar-refractivity contribution in [2.24, 2.45) is 0 Å². The van der Waals surface area contributed by atoms with Gasteiger partial charge in [-0.25, -0.2) is 4.79 Å². The van der Waals surface area contributed by atoms with E-state index >= 15 is 0 Å². The fraction of sp³-hybridized carbons (Fsp3) is 0.160. The summed E-state index contributed by atoms with van der Waals surface area (Å²) in [5, 5.41) is 2.65. The Morgan fingerprint density at radius 2 is 1.52 bits per heavy atom. The minimum Gasteiger partial charge on any atom is -0.481 e. The normalized spacial score (nSPS) is 11.3. The lowest BCUT2D eigenvalue weighted by Crippen LogP contribution is -2.31. The van der Waals surface area contributed by atoms with Crippen LogP contribution in [-0.4, -0.2) is 30.4 Å². The lowest BCUT2D eigenvalue weighted by molar-refractivity contribution is -0.155. The second-order valence-corrected chi connectivity index (χ2v) is 6.91. The molecule has 3 aromatic carbocycles. The van der Waals surface area contributed by atoms with Crippen molar-refractivity contribution < 1.29 is 23.9 Å². The first-order valence-electron chi connectivity index (χ1n) is 9.82. The van der Waals surface area contributed by atoms with Crippen molar-refractivity contribution in [1.29, 1.82) is 0 Å². The predicted molar refractivity (Wildman–Crippen MR) is 118 cm³/mol. The highest BCUT2D eigenvalue weighted by Gasteiger charge is 2.19. The molecule has 3 aromatic rings. The van der Waals surface area contributed by atoms with Crippen LogP contribution in [0.3, 0.4) is 0 Å². The monoisotopic (exact) mass is 417 g/mol. The Morgan fingerprint density at radius 3 is 2.19 bits per heavy atom. The molecule has 158 valence electrons. The molecule has 6 heteroatoms. The lowest BCUT2D eigenvalue weighted by atomic mass is 10.1. The summed E-state index contributed by atoms with van der Waals surface area (Å²) in [7, 11) is 0. The molecule has 0 aliphatic carbocycles. The van der Waals surface area contributed by atoms with Crippen LogP contribution < -0.4 is 10.1 Å². The minimum atomic E-state index is -1.01. The Labute approximate surface area is 180 Å². The van der Waals surface area contributed by atoms with Gasteiger partial charge in [-0.1, -0.05) is 48.5 Å². The Morgan fingerprint density at radius 1 is 0.871 bits per heavy atom. The molecule has 0 saturated heterocycles. The third kappa shape index (κ3) is 6.02. The highest BCUT2D eigenvalue weighted by atomic mass is 16.6. The van der Waals surface area contributed by atoms with E-state index in [0.717, 1.165) is 11.1 Å². The van der Waals surface area contributed by atoms with E-state index in [1.807, 2.05) is 48.5 Å². The number of rotatable bonds is 8. The van der Waals surface area contributed by atoms with Crippen LogP contribution in [0.15, 0.2) is 78.9 Å². The van der Waals surface area contributed by atoms with Crippen molar-refractivity contribution in [2.75, 3.05) is 11.9 Å². The third-order valence-corrected chi connectivity index (χ3v) is 4.55. The molecule has 0 aromatic heterocycles. The SMILES string of the molecule is CC(=O)c1ccc(NC(=O)C(C)OC(=O)COc2ccccc2-c2ccccc2)cc1. The third-order valence-electron chi connectivity index (χ3n) is 4.55. The highest BCUT2D eigenvalue weighted by Crippen LogP contribution is 2.29. The van der Waals surface area contributed by atoms with Crippen LogP contribution in [0.5, 0.6) is 5.75 Å². The van der Waals surface area contributed by atoms with E-state index in [-0.39, 0.29) is 12.4 Å². The molecular formula is C25H23NO5. The summed E-state index contributed by atoms with van der Waals surface area (Å²) in [5.41, 5.74) is 2.88. The highest BCUT2D eigenvalue weighted by molar-refractivity contribution is 5.97. The van der Waals surface area contributed by atoms with Gasteiger partial charge < -0.3 is 14.8 Å². The zero-order valence-electron chi connectivity index (χ0n) is 17.3. The Bertz CT molecular complexity index is 1060. The van der Waals surface area contributed by atoms with Gasteiger partial charge in [-0.05, 0) is 49.7 Å². The fourth-order valence-corrected chi connectivity index (χ4v) is 2.90. The maximum Gasteiger partial charge on any atom is 0.344 e. The fourth-order valence-electron chi connectivity index (χ4n) is 2.90. The Kier molecular flexibility index (Phi) is 7.17. The van der Waals surface area contributed by atoms with Gasteiger partial charge in [-0.2, -0.15) is 0 Å². The van der Waals surface area contributed by atoms with Crippen molar-refractivity contribution in [2.45, 2.75) is 20.0 Å². The van der Waals surface area contributed by atoms with Gasteiger partial charge >= 0.3 is 5.97 Å². The summed E-state index contributed by atoms with van der Waals surface area (Å²) in [5.74, 6) is -0.645. The van der Waals surface area contributed by atoms with Crippen molar-refractivity contribution in [3.8, 4) is 16.9 Å². The number of benzene rings is 3. The van der Waals surface area contributed by atoms with Crippen molar-refractivity contribution in [1.82, 2.24) is 0 Å². The van der Waals surface area contributed by atoms with Crippen molar-refractivity contribution in [3.05, 3.63) is 84.4 Å². The van der Waals surface area contributed by atoms with Gasteiger partial charge in [0.25, 0.3) is 5.91 Å². The topological polar surface area (TPSA) is 81.7 Å². The van der Waals surface area contributed by atoms with Crippen molar-refractivity contribution >= 4 is 23.3 Å². The summed E-state index contributed by atoms with van der Waals surface area (Å²) in [6.45, 7) is 2.62. The van der Waals surface area contributed by atoms with E-state index in [9.17, 15) is 14.4 Å². The van der Waals surface area contributed by atoms with Crippen LogP contribution in [-0.2, 0) is 14.3 Å². The Balaban J connectivity index is 1.54. The van der Waals surface area contributed by atoms with Crippen LogP contribution in [0.1, 0.15) is 24.2 Å². The second kappa shape index (κ2) is 10.2. The van der Waals surface area contributed by atoms with Gasteiger partial charge in [-0.15, -0.1) is 0 Å². The largest absolute Gasteiger partial charge is 0.481 e.